The van der Waals surface area contributed by atoms with Gasteiger partial charge in [-0.2, -0.15) is 0 Å². The van der Waals surface area contributed by atoms with Crippen LogP contribution in [0, 0.1) is 5.92 Å². The van der Waals surface area contributed by atoms with Crippen LogP contribution in [-0.4, -0.2) is 47.4 Å². The maximum atomic E-state index is 12.5. The number of amides is 4. The molecule has 2 saturated heterocycles. The molecule has 1 aromatic rings. The molecule has 0 saturated carbocycles. The topological polar surface area (TPSA) is 90.5 Å². The molecule has 2 heterocycles. The predicted octanol–water partition coefficient (Wildman–Crippen LogP) is 1.59. The third-order valence-corrected chi connectivity index (χ3v) is 4.77. The van der Waals surface area contributed by atoms with Gasteiger partial charge in [0.2, 0.25) is 11.8 Å². The van der Waals surface area contributed by atoms with Crippen molar-refractivity contribution < 1.29 is 14.4 Å². The third-order valence-electron chi connectivity index (χ3n) is 4.53. The van der Waals surface area contributed by atoms with E-state index in [4.69, 9.17) is 11.6 Å². The number of carbonyl (C=O) groups excluding carboxylic acids is 3. The van der Waals surface area contributed by atoms with Crippen LogP contribution in [0.25, 0.3) is 0 Å². The summed E-state index contributed by atoms with van der Waals surface area (Å²) in [6, 6.07) is 5.15. The van der Waals surface area contributed by atoms with Crippen LogP contribution in [0.5, 0.6) is 0 Å². The highest BCUT2D eigenvalue weighted by Gasteiger charge is 2.47. The highest BCUT2D eigenvalue weighted by Crippen LogP contribution is 2.25. The molecule has 3 N–H and O–H groups in total. The van der Waals surface area contributed by atoms with Crippen molar-refractivity contribution in [2.75, 3.05) is 11.9 Å². The number of nitrogens with zero attached hydrogens (tertiary/aromatic N) is 1. The summed E-state index contributed by atoms with van der Waals surface area (Å²) >= 11 is 5.89. The normalized spacial score (nSPS) is 25.6. The van der Waals surface area contributed by atoms with Crippen molar-refractivity contribution in [3.05, 3.63) is 29.3 Å². The number of piperazine rings is 1. The highest BCUT2D eigenvalue weighted by atomic mass is 35.5. The Hall–Kier alpha value is -2.28. The number of halogens is 1. The molecule has 134 valence electrons. The molecular weight excluding hydrogens is 344 g/mol. The van der Waals surface area contributed by atoms with Crippen molar-refractivity contribution in [1.82, 2.24) is 15.5 Å². The number of benzene rings is 1. The molecule has 3 rings (SSSR count). The molecule has 0 spiro atoms. The minimum absolute atomic E-state index is 0.0236. The van der Waals surface area contributed by atoms with Gasteiger partial charge < -0.3 is 20.9 Å². The molecule has 2 fully saturated rings. The molecule has 8 heteroatoms. The van der Waals surface area contributed by atoms with E-state index in [9.17, 15) is 14.4 Å². The van der Waals surface area contributed by atoms with Crippen molar-refractivity contribution in [1.29, 1.82) is 0 Å². The van der Waals surface area contributed by atoms with Crippen molar-refractivity contribution in [3.8, 4) is 0 Å². The minimum Gasteiger partial charge on any atom is -0.342 e. The number of nitrogens with one attached hydrogen (secondary N) is 3. The average molecular weight is 365 g/mol. The van der Waals surface area contributed by atoms with E-state index < -0.39 is 12.1 Å². The quantitative estimate of drug-likeness (QED) is 0.760. The van der Waals surface area contributed by atoms with E-state index in [0.29, 0.717) is 23.7 Å². The van der Waals surface area contributed by atoms with E-state index in [1.54, 1.807) is 29.2 Å². The summed E-state index contributed by atoms with van der Waals surface area (Å²) in [4.78, 5) is 38.5. The number of hydrogen-bond donors (Lipinski definition) is 3. The number of fused-ring (bicyclic) bond motifs is 1. The van der Waals surface area contributed by atoms with Crippen LogP contribution in [0.3, 0.4) is 0 Å². The lowest BCUT2D eigenvalue weighted by Gasteiger charge is -2.36. The molecule has 0 bridgehead atoms. The molecule has 0 aromatic heterocycles. The maximum Gasteiger partial charge on any atom is 0.319 e. The smallest absolute Gasteiger partial charge is 0.319 e. The predicted molar refractivity (Wildman–Crippen MR) is 94.3 cm³/mol. The Morgan fingerprint density at radius 2 is 2.12 bits per heavy atom. The molecule has 0 unspecified atom stereocenters. The minimum atomic E-state index is -0.515. The molecule has 2 aliphatic heterocycles. The fourth-order valence-electron chi connectivity index (χ4n) is 3.29. The summed E-state index contributed by atoms with van der Waals surface area (Å²) < 4.78 is 0. The fraction of sp³-hybridized carbons (Fsp3) is 0.471. The maximum absolute atomic E-state index is 12.5. The van der Waals surface area contributed by atoms with Crippen LogP contribution in [-0.2, 0) is 9.59 Å². The van der Waals surface area contributed by atoms with Crippen LogP contribution in [0.2, 0.25) is 5.02 Å². The fourth-order valence-corrected chi connectivity index (χ4v) is 3.48. The van der Waals surface area contributed by atoms with E-state index >= 15 is 0 Å². The molecule has 0 radical (unpaired) electrons. The number of urea groups is 1. The van der Waals surface area contributed by atoms with E-state index in [1.165, 1.54) is 0 Å². The number of carbonyl (C=O) groups is 3. The van der Waals surface area contributed by atoms with Crippen molar-refractivity contribution >= 4 is 35.1 Å². The second-order valence-electron chi connectivity index (χ2n) is 6.78. The molecule has 4 amide bonds. The van der Waals surface area contributed by atoms with Crippen LogP contribution in [0.15, 0.2) is 24.3 Å². The number of hydrogen-bond acceptors (Lipinski definition) is 3. The van der Waals surface area contributed by atoms with Gasteiger partial charge in [0, 0.05) is 17.3 Å². The van der Waals surface area contributed by atoms with Crippen LogP contribution in [0.4, 0.5) is 10.5 Å². The van der Waals surface area contributed by atoms with Gasteiger partial charge in [0.15, 0.2) is 0 Å². The lowest BCUT2D eigenvalue weighted by molar-refractivity contribution is -0.148. The third kappa shape index (κ3) is 3.71. The van der Waals surface area contributed by atoms with Gasteiger partial charge in [-0.15, -0.1) is 0 Å². The Morgan fingerprint density at radius 3 is 2.80 bits per heavy atom. The van der Waals surface area contributed by atoms with Crippen molar-refractivity contribution in [3.63, 3.8) is 0 Å². The standard InChI is InChI=1S/C17H21ClN4O3/c1-9(2)14-16(24)22-8-12(7-13(22)15(23)21-14)20-17(25)19-11-5-3-4-10(18)6-11/h3-6,9,12-14H,7-8H2,1-2H3,(H,21,23)(H2,19,20,25)/t12-,13-,14-/m0/s1. The van der Waals surface area contributed by atoms with Gasteiger partial charge >= 0.3 is 6.03 Å². The summed E-state index contributed by atoms with van der Waals surface area (Å²) in [7, 11) is 0. The zero-order chi connectivity index (χ0) is 18.1. The Morgan fingerprint density at radius 1 is 1.36 bits per heavy atom. The Balaban J connectivity index is 1.61. The molecule has 3 atom stereocenters. The van der Waals surface area contributed by atoms with Crippen LogP contribution >= 0.6 is 11.6 Å². The van der Waals surface area contributed by atoms with Gasteiger partial charge in [-0.3, -0.25) is 9.59 Å². The Bertz CT molecular complexity index is 709. The lowest BCUT2D eigenvalue weighted by Crippen LogP contribution is -2.62. The molecule has 25 heavy (non-hydrogen) atoms. The van der Waals surface area contributed by atoms with E-state index in [1.807, 2.05) is 13.8 Å². The van der Waals surface area contributed by atoms with Crippen LogP contribution < -0.4 is 16.0 Å². The molecule has 0 aliphatic carbocycles. The first-order chi connectivity index (χ1) is 11.8. The number of rotatable bonds is 3. The van der Waals surface area contributed by atoms with Crippen molar-refractivity contribution in [2.45, 2.75) is 38.4 Å². The first-order valence-corrected chi connectivity index (χ1v) is 8.67. The van der Waals surface area contributed by atoms with E-state index in [2.05, 4.69) is 16.0 Å². The van der Waals surface area contributed by atoms with Gasteiger partial charge in [0.05, 0.1) is 6.04 Å². The molecule has 2 aliphatic rings. The van der Waals surface area contributed by atoms with Gasteiger partial charge in [-0.25, -0.2) is 4.79 Å². The molecule has 7 nitrogen and oxygen atoms in total. The first-order valence-electron chi connectivity index (χ1n) is 8.29. The monoisotopic (exact) mass is 364 g/mol. The average Bonchev–Trinajstić information content (AvgIpc) is 2.95. The lowest BCUT2D eigenvalue weighted by atomic mass is 9.98. The van der Waals surface area contributed by atoms with E-state index in [0.717, 1.165) is 0 Å². The van der Waals surface area contributed by atoms with Gasteiger partial charge in [-0.1, -0.05) is 31.5 Å². The van der Waals surface area contributed by atoms with Gasteiger partial charge in [-0.05, 0) is 30.5 Å². The zero-order valence-electron chi connectivity index (χ0n) is 14.1. The van der Waals surface area contributed by atoms with E-state index in [-0.39, 0.29) is 29.8 Å². The Kier molecular flexibility index (Phi) is 4.85. The summed E-state index contributed by atoms with van der Waals surface area (Å²) in [5.74, 6) is -0.215. The van der Waals surface area contributed by atoms with Crippen molar-refractivity contribution in [2.24, 2.45) is 5.92 Å². The SMILES string of the molecule is CC(C)[C@@H]1NC(=O)[C@@H]2C[C@H](NC(=O)Nc3cccc(Cl)c3)CN2C1=O. The highest BCUT2D eigenvalue weighted by molar-refractivity contribution is 6.30. The zero-order valence-corrected chi connectivity index (χ0v) is 14.8. The second-order valence-corrected chi connectivity index (χ2v) is 7.21. The Labute approximate surface area is 151 Å². The summed E-state index contributed by atoms with van der Waals surface area (Å²) in [6.45, 7) is 4.13. The largest absolute Gasteiger partial charge is 0.342 e. The first kappa shape index (κ1) is 17.5. The van der Waals surface area contributed by atoms with Gasteiger partial charge in [0.25, 0.3) is 0 Å². The number of anilines is 1. The molecular formula is C17H21ClN4O3. The summed E-state index contributed by atoms with van der Waals surface area (Å²) in [6.07, 6.45) is 0.408. The molecule has 1 aromatic carbocycles. The summed E-state index contributed by atoms with van der Waals surface area (Å²) in [5.41, 5.74) is 0.578. The second kappa shape index (κ2) is 6.92. The van der Waals surface area contributed by atoms with Crippen LogP contribution in [0.1, 0.15) is 20.3 Å². The summed E-state index contributed by atoms with van der Waals surface area (Å²) in [5, 5.41) is 8.83. The van der Waals surface area contributed by atoms with Gasteiger partial charge in [0.1, 0.15) is 12.1 Å².